The number of methoxy groups -OCH3 is 1. The van der Waals surface area contributed by atoms with Crippen LogP contribution in [-0.4, -0.2) is 26.2 Å². The molecule has 16 heavy (non-hydrogen) atoms. The van der Waals surface area contributed by atoms with Crippen molar-refractivity contribution in [3.8, 4) is 0 Å². The topological polar surface area (TPSA) is 38.3 Å². The van der Waals surface area contributed by atoms with E-state index in [1.54, 1.807) is 0 Å². The summed E-state index contributed by atoms with van der Waals surface area (Å²) in [6.07, 6.45) is 1.43. The SMILES string of the molecule is COC(=O)CCNCCc1ccccc1C. The molecule has 0 aliphatic rings. The number of carbonyl (C=O) groups excluding carboxylic acids is 1. The van der Waals surface area contributed by atoms with Crippen LogP contribution in [0.4, 0.5) is 0 Å². The Hall–Kier alpha value is -1.35. The number of benzene rings is 1. The number of rotatable bonds is 6. The van der Waals surface area contributed by atoms with Crippen LogP contribution in [0.3, 0.4) is 0 Å². The second kappa shape index (κ2) is 7.01. The van der Waals surface area contributed by atoms with Crippen molar-refractivity contribution in [1.29, 1.82) is 0 Å². The summed E-state index contributed by atoms with van der Waals surface area (Å²) in [5.41, 5.74) is 2.67. The molecule has 1 rings (SSSR count). The van der Waals surface area contributed by atoms with Crippen LogP contribution >= 0.6 is 0 Å². The molecule has 1 N–H and O–H groups in total. The molecule has 0 unspecified atom stereocenters. The molecule has 0 atom stereocenters. The van der Waals surface area contributed by atoms with Crippen molar-refractivity contribution >= 4 is 5.97 Å². The van der Waals surface area contributed by atoms with Gasteiger partial charge in [0.1, 0.15) is 0 Å². The van der Waals surface area contributed by atoms with Crippen LogP contribution < -0.4 is 5.32 Å². The van der Waals surface area contributed by atoms with Crippen molar-refractivity contribution in [3.05, 3.63) is 35.4 Å². The predicted octanol–water partition coefficient (Wildman–Crippen LogP) is 1.69. The molecule has 0 heterocycles. The van der Waals surface area contributed by atoms with Gasteiger partial charge in [0.05, 0.1) is 13.5 Å². The van der Waals surface area contributed by atoms with Crippen LogP contribution in [0.25, 0.3) is 0 Å². The Balaban J connectivity index is 2.17. The highest BCUT2D eigenvalue weighted by atomic mass is 16.5. The fourth-order valence-corrected chi connectivity index (χ4v) is 1.53. The van der Waals surface area contributed by atoms with Gasteiger partial charge in [-0.1, -0.05) is 24.3 Å². The Morgan fingerprint density at radius 3 is 2.75 bits per heavy atom. The van der Waals surface area contributed by atoms with Crippen LogP contribution in [0.1, 0.15) is 17.5 Å². The number of aryl methyl sites for hydroxylation is 1. The summed E-state index contributed by atoms with van der Waals surface area (Å²) in [6, 6.07) is 8.35. The van der Waals surface area contributed by atoms with Crippen LogP contribution in [-0.2, 0) is 16.0 Å². The van der Waals surface area contributed by atoms with E-state index >= 15 is 0 Å². The number of hydrogen-bond donors (Lipinski definition) is 1. The molecular weight excluding hydrogens is 202 g/mol. The Kier molecular flexibility index (Phi) is 5.57. The summed E-state index contributed by atoms with van der Waals surface area (Å²) in [5.74, 6) is -0.164. The van der Waals surface area contributed by atoms with E-state index in [4.69, 9.17) is 0 Å². The van der Waals surface area contributed by atoms with Gasteiger partial charge < -0.3 is 10.1 Å². The molecule has 88 valence electrons. The number of carbonyl (C=O) groups is 1. The molecule has 0 fully saturated rings. The molecule has 0 aromatic heterocycles. The fourth-order valence-electron chi connectivity index (χ4n) is 1.53. The average Bonchev–Trinajstić information content (AvgIpc) is 2.30. The van der Waals surface area contributed by atoms with Gasteiger partial charge in [-0.3, -0.25) is 4.79 Å². The quantitative estimate of drug-likeness (QED) is 0.587. The van der Waals surface area contributed by atoms with Gasteiger partial charge in [-0.2, -0.15) is 0 Å². The lowest BCUT2D eigenvalue weighted by Crippen LogP contribution is -2.21. The highest BCUT2D eigenvalue weighted by Crippen LogP contribution is 2.06. The molecule has 0 saturated heterocycles. The van der Waals surface area contributed by atoms with Crippen molar-refractivity contribution in [2.24, 2.45) is 0 Å². The van der Waals surface area contributed by atoms with Gasteiger partial charge in [0.15, 0.2) is 0 Å². The van der Waals surface area contributed by atoms with Crippen LogP contribution in [0.2, 0.25) is 0 Å². The van der Waals surface area contributed by atoms with E-state index in [9.17, 15) is 4.79 Å². The standard InChI is InChI=1S/C13H19NO2/c1-11-5-3-4-6-12(11)7-9-14-10-8-13(15)16-2/h3-6,14H,7-10H2,1-2H3. The number of hydrogen-bond acceptors (Lipinski definition) is 3. The maximum atomic E-state index is 10.8. The first-order valence-corrected chi connectivity index (χ1v) is 5.56. The highest BCUT2D eigenvalue weighted by molar-refractivity contribution is 5.69. The van der Waals surface area contributed by atoms with Crippen molar-refractivity contribution in [1.82, 2.24) is 5.32 Å². The van der Waals surface area contributed by atoms with Gasteiger partial charge in [0, 0.05) is 6.54 Å². The summed E-state index contributed by atoms with van der Waals surface area (Å²) < 4.78 is 4.56. The summed E-state index contributed by atoms with van der Waals surface area (Å²) in [7, 11) is 1.41. The van der Waals surface area contributed by atoms with Crippen molar-refractivity contribution < 1.29 is 9.53 Å². The lowest BCUT2D eigenvalue weighted by molar-refractivity contribution is -0.140. The van der Waals surface area contributed by atoms with E-state index in [1.807, 2.05) is 6.07 Å². The summed E-state index contributed by atoms with van der Waals surface area (Å²) in [6.45, 7) is 3.68. The molecule has 3 heteroatoms. The minimum Gasteiger partial charge on any atom is -0.469 e. The maximum absolute atomic E-state index is 10.8. The third kappa shape index (κ3) is 4.45. The Morgan fingerprint density at radius 1 is 1.31 bits per heavy atom. The zero-order valence-corrected chi connectivity index (χ0v) is 9.95. The summed E-state index contributed by atoms with van der Waals surface area (Å²) in [4.78, 5) is 10.8. The normalized spacial score (nSPS) is 10.1. The first-order valence-electron chi connectivity index (χ1n) is 5.56. The molecule has 0 radical (unpaired) electrons. The van der Waals surface area contributed by atoms with Crippen LogP contribution in [0.5, 0.6) is 0 Å². The monoisotopic (exact) mass is 221 g/mol. The second-order valence-electron chi connectivity index (χ2n) is 3.75. The fraction of sp³-hybridized carbons (Fsp3) is 0.462. The minimum absolute atomic E-state index is 0.164. The van der Waals surface area contributed by atoms with E-state index in [2.05, 4.69) is 35.2 Å². The molecule has 0 aliphatic heterocycles. The Labute approximate surface area is 96.8 Å². The zero-order chi connectivity index (χ0) is 11.8. The second-order valence-corrected chi connectivity index (χ2v) is 3.75. The van der Waals surface area contributed by atoms with Gasteiger partial charge in [-0.05, 0) is 31.0 Å². The molecule has 0 spiro atoms. The molecule has 0 saturated carbocycles. The number of ether oxygens (including phenoxy) is 1. The van der Waals surface area contributed by atoms with Crippen LogP contribution in [0.15, 0.2) is 24.3 Å². The Bertz CT molecular complexity index is 336. The maximum Gasteiger partial charge on any atom is 0.306 e. The van der Waals surface area contributed by atoms with Gasteiger partial charge in [0.2, 0.25) is 0 Å². The molecule has 1 aromatic rings. The average molecular weight is 221 g/mol. The largest absolute Gasteiger partial charge is 0.469 e. The molecule has 0 bridgehead atoms. The van der Waals surface area contributed by atoms with Gasteiger partial charge in [-0.25, -0.2) is 0 Å². The first-order chi connectivity index (χ1) is 7.74. The smallest absolute Gasteiger partial charge is 0.306 e. The lowest BCUT2D eigenvalue weighted by atomic mass is 10.1. The lowest BCUT2D eigenvalue weighted by Gasteiger charge is -2.06. The Morgan fingerprint density at radius 2 is 2.06 bits per heavy atom. The third-order valence-corrected chi connectivity index (χ3v) is 2.57. The van der Waals surface area contributed by atoms with E-state index in [1.165, 1.54) is 18.2 Å². The molecule has 1 aromatic carbocycles. The molecule has 3 nitrogen and oxygen atoms in total. The van der Waals surface area contributed by atoms with Crippen LogP contribution in [0, 0.1) is 6.92 Å². The van der Waals surface area contributed by atoms with E-state index in [-0.39, 0.29) is 5.97 Å². The summed E-state index contributed by atoms with van der Waals surface area (Å²) >= 11 is 0. The van der Waals surface area contributed by atoms with Gasteiger partial charge in [0.25, 0.3) is 0 Å². The highest BCUT2D eigenvalue weighted by Gasteiger charge is 1.99. The molecule has 0 amide bonds. The molecule has 0 aliphatic carbocycles. The van der Waals surface area contributed by atoms with E-state index in [0.717, 1.165) is 13.0 Å². The number of esters is 1. The van der Waals surface area contributed by atoms with Gasteiger partial charge >= 0.3 is 5.97 Å². The first kappa shape index (κ1) is 12.7. The third-order valence-electron chi connectivity index (χ3n) is 2.57. The van der Waals surface area contributed by atoms with Gasteiger partial charge in [-0.15, -0.1) is 0 Å². The van der Waals surface area contributed by atoms with Crippen molar-refractivity contribution in [2.75, 3.05) is 20.2 Å². The van der Waals surface area contributed by atoms with Crippen molar-refractivity contribution in [3.63, 3.8) is 0 Å². The number of nitrogens with one attached hydrogen (secondary N) is 1. The predicted molar refractivity (Wildman–Crippen MR) is 64.4 cm³/mol. The van der Waals surface area contributed by atoms with Crippen molar-refractivity contribution in [2.45, 2.75) is 19.8 Å². The van der Waals surface area contributed by atoms with E-state index < -0.39 is 0 Å². The van der Waals surface area contributed by atoms with E-state index in [0.29, 0.717) is 13.0 Å². The summed E-state index contributed by atoms with van der Waals surface area (Å²) in [5, 5.41) is 3.23. The zero-order valence-electron chi connectivity index (χ0n) is 9.95. The molecular formula is C13H19NO2. The minimum atomic E-state index is -0.164.